The maximum Gasteiger partial charge on any atom is 0.247 e. The van der Waals surface area contributed by atoms with Gasteiger partial charge in [0, 0.05) is 36.8 Å². The number of hydrogen-bond acceptors (Lipinski definition) is 7. The smallest absolute Gasteiger partial charge is 0.247 e. The number of nitrogens with one attached hydrogen (secondary N) is 1. The molecule has 1 saturated carbocycles. The van der Waals surface area contributed by atoms with Crippen LogP contribution in [-0.2, 0) is 22.1 Å². The highest BCUT2D eigenvalue weighted by Gasteiger charge is 2.32. The summed E-state index contributed by atoms with van der Waals surface area (Å²) in [5, 5.41) is 18.3. The molecule has 0 saturated heterocycles. The van der Waals surface area contributed by atoms with E-state index in [4.69, 9.17) is 14.6 Å². The lowest BCUT2D eigenvalue weighted by Gasteiger charge is -2.23. The fourth-order valence-electron chi connectivity index (χ4n) is 5.10. The van der Waals surface area contributed by atoms with Crippen LogP contribution in [0.15, 0.2) is 53.4 Å². The lowest BCUT2D eigenvalue weighted by Crippen LogP contribution is -2.32. The Bertz CT molecular complexity index is 1400. The van der Waals surface area contributed by atoms with Crippen molar-refractivity contribution in [3.05, 3.63) is 59.8 Å². The predicted molar refractivity (Wildman–Crippen MR) is 146 cm³/mol. The van der Waals surface area contributed by atoms with Crippen molar-refractivity contribution in [3.8, 4) is 11.5 Å². The van der Waals surface area contributed by atoms with Gasteiger partial charge in [-0.15, -0.1) is 0 Å². The number of sulfonamides is 1. The zero-order chi connectivity index (χ0) is 27.1. The third-order valence-electron chi connectivity index (χ3n) is 7.14. The molecule has 2 atom stereocenters. The van der Waals surface area contributed by atoms with Crippen molar-refractivity contribution >= 4 is 21.5 Å². The van der Waals surface area contributed by atoms with Gasteiger partial charge in [0.05, 0.1) is 24.4 Å². The summed E-state index contributed by atoms with van der Waals surface area (Å²) in [6, 6.07) is 14.5. The Balaban J connectivity index is 1.40. The molecule has 1 aliphatic heterocycles. The van der Waals surface area contributed by atoms with Crippen LogP contribution in [0.3, 0.4) is 0 Å². The molecule has 10 heteroatoms. The van der Waals surface area contributed by atoms with Gasteiger partial charge in [0.15, 0.2) is 0 Å². The number of hydrogen-bond donors (Lipinski definition) is 2. The minimum atomic E-state index is -3.76. The van der Waals surface area contributed by atoms with E-state index in [0.717, 1.165) is 42.1 Å². The quantitative estimate of drug-likeness (QED) is 0.471. The highest BCUT2D eigenvalue weighted by molar-refractivity contribution is 7.89. The molecule has 0 spiro atoms. The molecular weight excluding hydrogens is 504 g/mol. The van der Waals surface area contributed by atoms with Crippen LogP contribution in [0.1, 0.15) is 57.2 Å². The molecule has 2 N–H and O–H groups in total. The number of nitrogens with zero attached hydrogens (tertiary/aromatic N) is 3. The monoisotopic (exact) mass is 540 g/mol. The Morgan fingerprint density at radius 1 is 1.13 bits per heavy atom. The van der Waals surface area contributed by atoms with E-state index in [1.54, 1.807) is 25.3 Å². The molecule has 2 aromatic carbocycles. The first-order chi connectivity index (χ1) is 18.0. The van der Waals surface area contributed by atoms with Crippen LogP contribution < -0.4 is 14.8 Å². The van der Waals surface area contributed by atoms with Crippen LogP contribution in [0.4, 0.5) is 11.5 Å². The highest BCUT2D eigenvalue weighted by atomic mass is 32.2. The fourth-order valence-corrected chi connectivity index (χ4v) is 6.62. The number of aromatic nitrogens is 2. The lowest BCUT2D eigenvalue weighted by atomic mass is 10.0. The van der Waals surface area contributed by atoms with Crippen LogP contribution in [0.25, 0.3) is 0 Å². The fraction of sp³-hybridized carbons (Fsp3) is 0.464. The third-order valence-corrected chi connectivity index (χ3v) is 9.02. The molecule has 2 heterocycles. The molecule has 5 rings (SSSR count). The van der Waals surface area contributed by atoms with Gasteiger partial charge in [-0.1, -0.05) is 12.1 Å². The van der Waals surface area contributed by atoms with Crippen LogP contribution >= 0.6 is 0 Å². The van der Waals surface area contributed by atoms with E-state index >= 15 is 0 Å². The highest BCUT2D eigenvalue weighted by Crippen LogP contribution is 2.38. The van der Waals surface area contributed by atoms with Gasteiger partial charge in [-0.3, -0.25) is 0 Å². The normalized spacial score (nSPS) is 21.4. The molecule has 1 aromatic heterocycles. The van der Waals surface area contributed by atoms with E-state index in [1.165, 1.54) is 4.31 Å². The Kier molecular flexibility index (Phi) is 7.15. The summed E-state index contributed by atoms with van der Waals surface area (Å²) in [6.45, 7) is 7.01. The van der Waals surface area contributed by atoms with Gasteiger partial charge in [0.2, 0.25) is 10.0 Å². The maximum absolute atomic E-state index is 13.6. The lowest BCUT2D eigenvalue weighted by molar-refractivity contribution is 0.181. The van der Waals surface area contributed by atoms with Crippen molar-refractivity contribution in [2.24, 2.45) is 0 Å². The molecule has 204 valence electrons. The summed E-state index contributed by atoms with van der Waals surface area (Å²) in [7, 11) is -2.16. The molecule has 0 unspecified atom stereocenters. The SMILES string of the molecule is COc1ccc(CN2CCOc3cc(Nc4cc([C@H]5CC[C@@H](O)C5)nn4C(C)(C)C)ccc3S2(=O)=O)cc1. The van der Waals surface area contributed by atoms with E-state index in [1.807, 2.05) is 35.0 Å². The van der Waals surface area contributed by atoms with Crippen molar-refractivity contribution in [1.29, 1.82) is 0 Å². The number of aliphatic hydroxyl groups excluding tert-OH is 1. The zero-order valence-electron chi connectivity index (χ0n) is 22.3. The molecular formula is C28H36N4O5S. The minimum Gasteiger partial charge on any atom is -0.497 e. The number of rotatable bonds is 6. The van der Waals surface area contributed by atoms with Crippen molar-refractivity contribution in [1.82, 2.24) is 14.1 Å². The van der Waals surface area contributed by atoms with Crippen molar-refractivity contribution in [2.45, 2.75) is 69.0 Å². The molecule has 38 heavy (non-hydrogen) atoms. The molecule has 0 radical (unpaired) electrons. The first kappa shape index (κ1) is 26.5. The number of benzene rings is 2. The molecule has 0 bridgehead atoms. The predicted octanol–water partition coefficient (Wildman–Crippen LogP) is 4.60. The Hall–Kier alpha value is -3.08. The summed E-state index contributed by atoms with van der Waals surface area (Å²) >= 11 is 0. The molecule has 1 aliphatic carbocycles. The second-order valence-electron chi connectivity index (χ2n) is 11.0. The first-order valence-corrected chi connectivity index (χ1v) is 14.4. The average Bonchev–Trinajstić information content (AvgIpc) is 3.47. The summed E-state index contributed by atoms with van der Waals surface area (Å²) in [4.78, 5) is 0.152. The standard InChI is InChI=1S/C28H36N4O5S/c1-28(2,3)32-27(17-24(30-32)20-7-9-22(33)15-20)29-21-8-12-26-25(16-21)37-14-13-31(38(26,34)35)18-19-5-10-23(36-4)11-6-19/h5-6,8,10-12,16-17,20,22,29,33H,7,9,13-15,18H2,1-4H3/t20-,22+/m0/s1. The van der Waals surface area contributed by atoms with Crippen molar-refractivity contribution in [3.63, 3.8) is 0 Å². The summed E-state index contributed by atoms with van der Waals surface area (Å²) in [5.74, 6) is 2.09. The van der Waals surface area contributed by atoms with E-state index in [0.29, 0.717) is 11.4 Å². The zero-order valence-corrected chi connectivity index (χ0v) is 23.2. The van der Waals surface area contributed by atoms with E-state index in [9.17, 15) is 13.5 Å². The number of ether oxygens (including phenoxy) is 2. The number of aliphatic hydroxyl groups is 1. The first-order valence-electron chi connectivity index (χ1n) is 13.0. The van der Waals surface area contributed by atoms with Gasteiger partial charge in [-0.25, -0.2) is 13.1 Å². The van der Waals surface area contributed by atoms with Crippen LogP contribution in [-0.4, -0.2) is 54.0 Å². The second-order valence-corrected chi connectivity index (χ2v) is 12.9. The Morgan fingerprint density at radius 2 is 1.89 bits per heavy atom. The van der Waals surface area contributed by atoms with Gasteiger partial charge < -0.3 is 19.9 Å². The average molecular weight is 541 g/mol. The summed E-state index contributed by atoms with van der Waals surface area (Å²) in [6.07, 6.45) is 2.16. The number of methoxy groups -OCH3 is 1. The van der Waals surface area contributed by atoms with E-state index < -0.39 is 10.0 Å². The molecule has 2 aliphatic rings. The van der Waals surface area contributed by atoms with Crippen molar-refractivity contribution < 1.29 is 23.0 Å². The van der Waals surface area contributed by atoms with Gasteiger partial charge in [0.25, 0.3) is 0 Å². The molecule has 9 nitrogen and oxygen atoms in total. The van der Waals surface area contributed by atoms with Crippen LogP contribution in [0.2, 0.25) is 0 Å². The van der Waals surface area contributed by atoms with E-state index in [2.05, 4.69) is 26.1 Å². The van der Waals surface area contributed by atoms with Gasteiger partial charge in [0.1, 0.15) is 28.8 Å². The third kappa shape index (κ3) is 5.39. The number of anilines is 2. The van der Waals surface area contributed by atoms with Crippen LogP contribution in [0, 0.1) is 0 Å². The largest absolute Gasteiger partial charge is 0.497 e. The molecule has 0 amide bonds. The van der Waals surface area contributed by atoms with Gasteiger partial charge >= 0.3 is 0 Å². The topological polar surface area (TPSA) is 106 Å². The van der Waals surface area contributed by atoms with E-state index in [-0.39, 0.29) is 42.2 Å². The second kappa shape index (κ2) is 10.2. The summed E-state index contributed by atoms with van der Waals surface area (Å²) < 4.78 is 41.6. The summed E-state index contributed by atoms with van der Waals surface area (Å²) in [5.41, 5.74) is 2.27. The molecule has 1 fully saturated rings. The number of fused-ring (bicyclic) bond motifs is 1. The maximum atomic E-state index is 13.6. The minimum absolute atomic E-state index is 0.152. The van der Waals surface area contributed by atoms with Crippen molar-refractivity contribution in [2.75, 3.05) is 25.6 Å². The van der Waals surface area contributed by atoms with Gasteiger partial charge in [-0.05, 0) is 69.9 Å². The Labute approximate surface area is 224 Å². The van der Waals surface area contributed by atoms with Gasteiger partial charge in [-0.2, -0.15) is 9.40 Å². The molecule has 3 aromatic rings. The Morgan fingerprint density at radius 3 is 2.55 bits per heavy atom. The van der Waals surface area contributed by atoms with Crippen LogP contribution in [0.5, 0.6) is 11.5 Å².